The average Bonchev–Trinajstić information content (AvgIpc) is 3.11. The molecule has 2 N–H and O–H groups in total. The molecule has 0 bridgehead atoms. The van der Waals surface area contributed by atoms with Gasteiger partial charge in [-0.1, -0.05) is 12.1 Å². The highest BCUT2D eigenvalue weighted by Gasteiger charge is 2.18. The Morgan fingerprint density at radius 2 is 1.79 bits per heavy atom. The van der Waals surface area contributed by atoms with Gasteiger partial charge in [0.1, 0.15) is 6.54 Å². The van der Waals surface area contributed by atoms with Crippen LogP contribution in [0.3, 0.4) is 0 Å². The van der Waals surface area contributed by atoms with E-state index in [1.54, 1.807) is 11.5 Å². The van der Waals surface area contributed by atoms with E-state index in [-0.39, 0.29) is 11.4 Å². The number of nitrogens with one attached hydrogen (secondary N) is 2. The van der Waals surface area contributed by atoms with Gasteiger partial charge >= 0.3 is 0 Å². The molecule has 0 fully saturated rings. The van der Waals surface area contributed by atoms with Gasteiger partial charge in [0.2, 0.25) is 0 Å². The van der Waals surface area contributed by atoms with Gasteiger partial charge in [0.15, 0.2) is 11.5 Å². The van der Waals surface area contributed by atoms with Crippen molar-refractivity contribution in [2.75, 3.05) is 13.2 Å². The molecule has 2 aromatic carbocycles. The predicted molar refractivity (Wildman–Crippen MR) is 107 cm³/mol. The van der Waals surface area contributed by atoms with Gasteiger partial charge in [-0.15, -0.1) is 4.83 Å². The summed E-state index contributed by atoms with van der Waals surface area (Å²) in [7, 11) is -3.99. The number of hydrogen-bond acceptors (Lipinski definition) is 6. The lowest BCUT2D eigenvalue weighted by atomic mass is 10.3. The fourth-order valence-electron chi connectivity index (χ4n) is 2.71. The first kappa shape index (κ1) is 20.6. The summed E-state index contributed by atoms with van der Waals surface area (Å²) < 4.78 is 37.6. The van der Waals surface area contributed by atoms with Crippen LogP contribution in [-0.2, 0) is 21.4 Å². The summed E-state index contributed by atoms with van der Waals surface area (Å²) in [5.41, 5.74) is 3.74. The van der Waals surface area contributed by atoms with Gasteiger partial charge in [0.05, 0.1) is 35.5 Å². The minimum Gasteiger partial charge on any atom is -0.490 e. The molecule has 0 aliphatic rings. The number of para-hydroxylation sites is 2. The molecule has 3 aromatic rings. The Labute approximate surface area is 168 Å². The maximum atomic E-state index is 12.5. The van der Waals surface area contributed by atoms with E-state index in [4.69, 9.17) is 9.47 Å². The Balaban J connectivity index is 1.69. The number of imidazole rings is 1. The summed E-state index contributed by atoms with van der Waals surface area (Å²) in [5.74, 6) is 0.227. The highest BCUT2D eigenvalue weighted by molar-refractivity contribution is 7.89. The van der Waals surface area contributed by atoms with Gasteiger partial charge in [-0.2, -0.15) is 0 Å². The molecule has 0 atom stereocenters. The average molecular weight is 418 g/mol. The Hall–Kier alpha value is -3.11. The van der Waals surface area contributed by atoms with Crippen LogP contribution >= 0.6 is 0 Å². The van der Waals surface area contributed by atoms with E-state index >= 15 is 0 Å². The van der Waals surface area contributed by atoms with E-state index in [0.29, 0.717) is 24.7 Å². The number of sulfonamides is 1. The second-order valence-electron chi connectivity index (χ2n) is 5.99. The molecule has 0 saturated carbocycles. The third-order valence-corrected chi connectivity index (χ3v) is 5.24. The third kappa shape index (κ3) is 4.84. The smallest absolute Gasteiger partial charge is 0.257 e. The van der Waals surface area contributed by atoms with Crippen LogP contribution < -0.4 is 19.7 Å². The normalized spacial score (nSPS) is 11.4. The van der Waals surface area contributed by atoms with Crippen molar-refractivity contribution in [1.29, 1.82) is 0 Å². The van der Waals surface area contributed by atoms with Crippen LogP contribution in [0.2, 0.25) is 0 Å². The lowest BCUT2D eigenvalue weighted by Crippen LogP contribution is -2.43. The number of hydrazine groups is 1. The molecule has 0 saturated heterocycles. The summed E-state index contributed by atoms with van der Waals surface area (Å²) in [6, 6.07) is 11.6. The molecule has 0 unspecified atom stereocenters. The van der Waals surface area contributed by atoms with E-state index in [9.17, 15) is 13.2 Å². The first-order valence-electron chi connectivity index (χ1n) is 9.04. The minimum absolute atomic E-state index is 0.0576. The number of carbonyl (C=O) groups excluding carboxylic acids is 1. The number of amides is 1. The minimum atomic E-state index is -3.99. The molecular formula is C19H22N4O5S. The highest BCUT2D eigenvalue weighted by Crippen LogP contribution is 2.30. The standard InChI is InChI=1S/C19H22N4O5S/c1-3-27-17-10-9-14(11-18(17)28-4-2)29(25,26)22-21-19(24)12-23-13-20-15-7-5-6-8-16(15)23/h5-11,13,22H,3-4,12H2,1-2H3,(H,21,24). The van der Waals surface area contributed by atoms with Gasteiger partial charge < -0.3 is 14.0 Å². The molecule has 0 aliphatic carbocycles. The van der Waals surface area contributed by atoms with Gasteiger partial charge in [-0.25, -0.2) is 13.4 Å². The summed E-state index contributed by atoms with van der Waals surface area (Å²) in [6.07, 6.45) is 1.53. The van der Waals surface area contributed by atoms with Crippen LogP contribution in [0, 0.1) is 0 Å². The summed E-state index contributed by atoms with van der Waals surface area (Å²) in [5, 5.41) is 0. The predicted octanol–water partition coefficient (Wildman–Crippen LogP) is 1.84. The number of nitrogens with zero attached hydrogens (tertiary/aromatic N) is 2. The zero-order chi connectivity index (χ0) is 20.9. The van der Waals surface area contributed by atoms with Gasteiger partial charge in [0, 0.05) is 6.07 Å². The van der Waals surface area contributed by atoms with Crippen molar-refractivity contribution in [2.24, 2.45) is 0 Å². The molecule has 1 amide bonds. The molecule has 10 heteroatoms. The number of ether oxygens (including phenoxy) is 2. The zero-order valence-corrected chi connectivity index (χ0v) is 16.9. The van der Waals surface area contributed by atoms with Crippen LogP contribution in [0.5, 0.6) is 11.5 Å². The van der Waals surface area contributed by atoms with Gasteiger partial charge in [-0.05, 0) is 38.1 Å². The number of rotatable bonds is 9. The SMILES string of the molecule is CCOc1ccc(S(=O)(=O)NNC(=O)Cn2cnc3ccccc32)cc1OCC. The Bertz CT molecular complexity index is 1110. The van der Waals surface area contributed by atoms with Crippen molar-refractivity contribution in [3.8, 4) is 11.5 Å². The molecule has 0 aliphatic heterocycles. The van der Waals surface area contributed by atoms with Gasteiger partial charge in [0.25, 0.3) is 15.9 Å². The summed E-state index contributed by atoms with van der Waals surface area (Å²) in [6.45, 7) is 4.29. The highest BCUT2D eigenvalue weighted by atomic mass is 32.2. The first-order chi connectivity index (χ1) is 13.9. The molecule has 1 aromatic heterocycles. The van der Waals surface area contributed by atoms with E-state index in [1.807, 2.05) is 31.2 Å². The second kappa shape index (κ2) is 8.93. The molecule has 154 valence electrons. The van der Waals surface area contributed by atoms with Crippen LogP contribution in [0.15, 0.2) is 53.7 Å². The fraction of sp³-hybridized carbons (Fsp3) is 0.263. The quantitative estimate of drug-likeness (QED) is 0.513. The van der Waals surface area contributed by atoms with Crippen LogP contribution in [0.1, 0.15) is 13.8 Å². The molecule has 9 nitrogen and oxygen atoms in total. The molecule has 3 rings (SSSR count). The van der Waals surface area contributed by atoms with Crippen molar-refractivity contribution in [2.45, 2.75) is 25.3 Å². The van der Waals surface area contributed by atoms with E-state index < -0.39 is 15.9 Å². The Morgan fingerprint density at radius 3 is 2.55 bits per heavy atom. The lowest BCUT2D eigenvalue weighted by molar-refractivity contribution is -0.122. The van der Waals surface area contributed by atoms with Crippen molar-refractivity contribution in [3.05, 3.63) is 48.8 Å². The monoisotopic (exact) mass is 418 g/mol. The van der Waals surface area contributed by atoms with Crippen molar-refractivity contribution < 1.29 is 22.7 Å². The molecular weight excluding hydrogens is 396 g/mol. The van der Waals surface area contributed by atoms with Crippen molar-refractivity contribution in [3.63, 3.8) is 0 Å². The maximum absolute atomic E-state index is 12.5. The van der Waals surface area contributed by atoms with Crippen LogP contribution in [0.4, 0.5) is 0 Å². The topological polar surface area (TPSA) is 112 Å². The molecule has 1 heterocycles. The largest absolute Gasteiger partial charge is 0.490 e. The number of carbonyl (C=O) groups is 1. The van der Waals surface area contributed by atoms with Crippen LogP contribution in [-0.4, -0.2) is 37.1 Å². The first-order valence-corrected chi connectivity index (χ1v) is 10.5. The Kier molecular flexibility index (Phi) is 6.35. The Morgan fingerprint density at radius 1 is 1.07 bits per heavy atom. The summed E-state index contributed by atoms with van der Waals surface area (Å²) in [4.78, 5) is 18.4. The molecule has 0 radical (unpaired) electrons. The fourth-order valence-corrected chi connectivity index (χ4v) is 3.59. The maximum Gasteiger partial charge on any atom is 0.257 e. The van der Waals surface area contributed by atoms with E-state index in [0.717, 1.165) is 11.0 Å². The number of fused-ring (bicyclic) bond motifs is 1. The van der Waals surface area contributed by atoms with E-state index in [2.05, 4.69) is 15.2 Å². The summed E-state index contributed by atoms with van der Waals surface area (Å²) >= 11 is 0. The second-order valence-corrected chi connectivity index (χ2v) is 7.67. The van der Waals surface area contributed by atoms with E-state index in [1.165, 1.54) is 24.5 Å². The number of hydrogen-bond donors (Lipinski definition) is 2. The van der Waals surface area contributed by atoms with Crippen LogP contribution in [0.25, 0.3) is 11.0 Å². The van der Waals surface area contributed by atoms with Crippen molar-refractivity contribution in [1.82, 2.24) is 19.8 Å². The molecule has 29 heavy (non-hydrogen) atoms. The van der Waals surface area contributed by atoms with Crippen molar-refractivity contribution >= 4 is 27.0 Å². The van der Waals surface area contributed by atoms with Gasteiger partial charge in [-0.3, -0.25) is 10.2 Å². The zero-order valence-electron chi connectivity index (χ0n) is 16.1. The lowest BCUT2D eigenvalue weighted by Gasteiger charge is -2.13. The third-order valence-electron chi connectivity index (χ3n) is 3.99. The number of benzene rings is 2. The molecule has 0 spiro atoms. The number of aromatic nitrogens is 2.